The zero-order valence-corrected chi connectivity index (χ0v) is 12.5. The number of nitrogens with zero attached hydrogens (tertiary/aromatic N) is 3. The van der Waals surface area contributed by atoms with E-state index in [4.69, 9.17) is 10.5 Å². The Kier molecular flexibility index (Phi) is 4.77. The molecule has 1 aromatic heterocycles. The molecule has 6 heteroatoms. The number of hydrogen-bond acceptors (Lipinski definition) is 4. The third-order valence-corrected chi connectivity index (χ3v) is 3.95. The van der Waals surface area contributed by atoms with Gasteiger partial charge in [0.2, 0.25) is 0 Å². The van der Waals surface area contributed by atoms with Gasteiger partial charge in [-0.3, -0.25) is 9.48 Å². The average molecular weight is 280 g/mol. The van der Waals surface area contributed by atoms with Crippen molar-refractivity contribution in [3.8, 4) is 0 Å². The van der Waals surface area contributed by atoms with E-state index in [1.54, 1.807) is 11.8 Å². The molecule has 1 amide bonds. The quantitative estimate of drug-likeness (QED) is 0.885. The van der Waals surface area contributed by atoms with E-state index in [1.165, 1.54) is 0 Å². The summed E-state index contributed by atoms with van der Waals surface area (Å²) in [5.41, 5.74) is 7.35. The number of carbonyl (C=O) groups is 1. The van der Waals surface area contributed by atoms with Crippen LogP contribution in [0.2, 0.25) is 0 Å². The lowest BCUT2D eigenvalue weighted by atomic mass is 9.99. The van der Waals surface area contributed by atoms with Crippen molar-refractivity contribution in [3.63, 3.8) is 0 Å². The van der Waals surface area contributed by atoms with Crippen LogP contribution >= 0.6 is 0 Å². The summed E-state index contributed by atoms with van der Waals surface area (Å²) in [7, 11) is 1.71. The molecule has 2 rings (SSSR count). The molecule has 20 heavy (non-hydrogen) atoms. The van der Waals surface area contributed by atoms with Crippen molar-refractivity contribution in [2.45, 2.75) is 45.4 Å². The maximum Gasteiger partial charge on any atom is 0.272 e. The number of aryl methyl sites for hydroxylation is 2. The van der Waals surface area contributed by atoms with Crippen LogP contribution in [0.5, 0.6) is 0 Å². The summed E-state index contributed by atoms with van der Waals surface area (Å²) in [6, 6.07) is 1.89. The molecule has 1 fully saturated rings. The molecule has 112 valence electrons. The summed E-state index contributed by atoms with van der Waals surface area (Å²) in [6.45, 7) is 5.73. The van der Waals surface area contributed by atoms with E-state index in [9.17, 15) is 4.79 Å². The van der Waals surface area contributed by atoms with E-state index in [2.05, 4.69) is 5.10 Å². The number of aromatic nitrogens is 2. The lowest BCUT2D eigenvalue weighted by Crippen LogP contribution is -2.51. The second-order valence-electron chi connectivity index (χ2n) is 5.26. The van der Waals surface area contributed by atoms with Crippen molar-refractivity contribution < 1.29 is 9.53 Å². The maximum absolute atomic E-state index is 12.7. The highest BCUT2D eigenvalue weighted by atomic mass is 16.5. The second kappa shape index (κ2) is 6.37. The lowest BCUT2D eigenvalue weighted by Gasteiger charge is -2.38. The predicted octanol–water partition coefficient (Wildman–Crippen LogP) is 0.790. The van der Waals surface area contributed by atoms with Crippen LogP contribution < -0.4 is 5.73 Å². The first-order chi connectivity index (χ1) is 9.60. The minimum Gasteiger partial charge on any atom is -0.381 e. The fourth-order valence-electron chi connectivity index (χ4n) is 2.82. The summed E-state index contributed by atoms with van der Waals surface area (Å²) >= 11 is 0. The van der Waals surface area contributed by atoms with Crippen LogP contribution in [0.25, 0.3) is 0 Å². The molecule has 1 saturated heterocycles. The first kappa shape index (κ1) is 15.0. The second-order valence-corrected chi connectivity index (χ2v) is 5.26. The number of likely N-dealkylation sites (tertiary alicyclic amines) is 1. The number of rotatable bonds is 4. The molecule has 0 aliphatic carbocycles. The van der Waals surface area contributed by atoms with E-state index in [1.807, 2.05) is 24.8 Å². The van der Waals surface area contributed by atoms with Gasteiger partial charge >= 0.3 is 0 Å². The fourth-order valence-corrected chi connectivity index (χ4v) is 2.82. The first-order valence-electron chi connectivity index (χ1n) is 7.19. The van der Waals surface area contributed by atoms with Gasteiger partial charge < -0.3 is 15.4 Å². The molecule has 1 aromatic rings. The topological polar surface area (TPSA) is 73.4 Å². The van der Waals surface area contributed by atoms with E-state index in [0.717, 1.165) is 18.5 Å². The van der Waals surface area contributed by atoms with Crippen LogP contribution in [0.15, 0.2) is 6.07 Å². The van der Waals surface area contributed by atoms with Crippen LogP contribution in [0.4, 0.5) is 0 Å². The fraction of sp³-hybridized carbons (Fsp3) is 0.714. The highest BCUT2D eigenvalue weighted by Crippen LogP contribution is 2.21. The molecule has 0 aromatic carbocycles. The highest BCUT2D eigenvalue weighted by Gasteiger charge is 2.32. The monoisotopic (exact) mass is 280 g/mol. The Morgan fingerprint density at radius 1 is 1.60 bits per heavy atom. The predicted molar refractivity (Wildman–Crippen MR) is 76.5 cm³/mol. The van der Waals surface area contributed by atoms with Crippen molar-refractivity contribution in [2.75, 3.05) is 20.2 Å². The third-order valence-electron chi connectivity index (χ3n) is 3.95. The standard InChI is InChI=1S/C14H24N4O2/c1-4-18-13(7-10(2)16-18)14(19)17-6-5-12(20-3)8-11(17)9-15/h7,11-12H,4-6,8-9,15H2,1-3H3. The number of amides is 1. The summed E-state index contributed by atoms with van der Waals surface area (Å²) < 4.78 is 7.15. The van der Waals surface area contributed by atoms with Crippen molar-refractivity contribution in [1.82, 2.24) is 14.7 Å². The van der Waals surface area contributed by atoms with Gasteiger partial charge in [-0.05, 0) is 32.8 Å². The molecule has 0 bridgehead atoms. The van der Waals surface area contributed by atoms with E-state index < -0.39 is 0 Å². The summed E-state index contributed by atoms with van der Waals surface area (Å²) in [4.78, 5) is 14.6. The van der Waals surface area contributed by atoms with Gasteiger partial charge in [-0.2, -0.15) is 5.10 Å². The zero-order valence-electron chi connectivity index (χ0n) is 12.5. The number of carbonyl (C=O) groups excluding carboxylic acids is 1. The van der Waals surface area contributed by atoms with Gasteiger partial charge in [0.15, 0.2) is 0 Å². The normalized spacial score (nSPS) is 23.1. The molecule has 2 heterocycles. The Balaban J connectivity index is 2.19. The van der Waals surface area contributed by atoms with Crippen LogP contribution in [0.3, 0.4) is 0 Å². The Bertz CT molecular complexity index is 472. The molecule has 0 saturated carbocycles. The highest BCUT2D eigenvalue weighted by molar-refractivity contribution is 5.93. The number of nitrogens with two attached hydrogens (primary N) is 1. The number of hydrogen-bond donors (Lipinski definition) is 1. The van der Waals surface area contributed by atoms with Crippen molar-refractivity contribution in [1.29, 1.82) is 0 Å². The number of methoxy groups -OCH3 is 1. The van der Waals surface area contributed by atoms with Gasteiger partial charge in [0, 0.05) is 32.8 Å². The van der Waals surface area contributed by atoms with Crippen molar-refractivity contribution >= 4 is 5.91 Å². The first-order valence-corrected chi connectivity index (χ1v) is 7.19. The number of piperidine rings is 1. The molecule has 2 N–H and O–H groups in total. The van der Waals surface area contributed by atoms with Gasteiger partial charge in [0.25, 0.3) is 5.91 Å². The largest absolute Gasteiger partial charge is 0.381 e. The Morgan fingerprint density at radius 3 is 2.95 bits per heavy atom. The van der Waals surface area contributed by atoms with Gasteiger partial charge in [-0.1, -0.05) is 0 Å². The SMILES string of the molecule is CCn1nc(C)cc1C(=O)N1CCC(OC)CC1CN. The van der Waals surface area contributed by atoms with Crippen molar-refractivity contribution in [2.24, 2.45) is 5.73 Å². The van der Waals surface area contributed by atoms with E-state index >= 15 is 0 Å². The van der Waals surface area contributed by atoms with Crippen LogP contribution in [0, 0.1) is 6.92 Å². The molecule has 1 aliphatic heterocycles. The van der Waals surface area contributed by atoms with Crippen molar-refractivity contribution in [3.05, 3.63) is 17.5 Å². The smallest absolute Gasteiger partial charge is 0.272 e. The summed E-state index contributed by atoms with van der Waals surface area (Å²) in [5.74, 6) is 0.0254. The Labute approximate surface area is 119 Å². The average Bonchev–Trinajstić information content (AvgIpc) is 2.86. The molecule has 2 atom stereocenters. The van der Waals surface area contributed by atoms with Gasteiger partial charge in [-0.25, -0.2) is 0 Å². The summed E-state index contributed by atoms with van der Waals surface area (Å²) in [6.07, 6.45) is 1.86. The molecule has 1 aliphatic rings. The summed E-state index contributed by atoms with van der Waals surface area (Å²) in [5, 5.41) is 4.34. The molecule has 0 radical (unpaired) electrons. The van der Waals surface area contributed by atoms with E-state index in [-0.39, 0.29) is 18.1 Å². The minimum absolute atomic E-state index is 0.0254. The number of ether oxygens (including phenoxy) is 1. The van der Waals surface area contributed by atoms with Gasteiger partial charge in [0.05, 0.1) is 11.8 Å². The van der Waals surface area contributed by atoms with E-state index in [0.29, 0.717) is 25.3 Å². The molecular formula is C14H24N4O2. The zero-order chi connectivity index (χ0) is 14.7. The Morgan fingerprint density at radius 2 is 2.35 bits per heavy atom. The molecule has 6 nitrogen and oxygen atoms in total. The Hall–Kier alpha value is -1.40. The van der Waals surface area contributed by atoms with Crippen LogP contribution in [-0.2, 0) is 11.3 Å². The van der Waals surface area contributed by atoms with Gasteiger partial charge in [0.1, 0.15) is 5.69 Å². The maximum atomic E-state index is 12.7. The lowest BCUT2D eigenvalue weighted by molar-refractivity contribution is 0.0133. The van der Waals surface area contributed by atoms with Crippen LogP contribution in [0.1, 0.15) is 35.9 Å². The minimum atomic E-state index is 0.0254. The third kappa shape index (κ3) is 2.86. The molecular weight excluding hydrogens is 256 g/mol. The molecule has 0 spiro atoms. The van der Waals surface area contributed by atoms with Crippen LogP contribution in [-0.4, -0.2) is 52.9 Å². The van der Waals surface area contributed by atoms with Gasteiger partial charge in [-0.15, -0.1) is 0 Å². The molecule has 2 unspecified atom stereocenters.